The summed E-state index contributed by atoms with van der Waals surface area (Å²) in [4.78, 5) is 17.0. The van der Waals surface area contributed by atoms with Crippen molar-refractivity contribution in [1.29, 1.82) is 0 Å². The Morgan fingerprint density at radius 1 is 0.630 bits per heavy atom. The number of hydroxylamine groups is 6. The first-order valence-corrected chi connectivity index (χ1v) is 15.4. The van der Waals surface area contributed by atoms with E-state index in [0.717, 1.165) is 17.5 Å². The van der Waals surface area contributed by atoms with Gasteiger partial charge in [-0.1, -0.05) is 0 Å². The lowest BCUT2D eigenvalue weighted by molar-refractivity contribution is -0.881. The number of carbonyl (C=O) groups is 1. The minimum absolute atomic E-state index is 0.0450. The molecule has 0 radical (unpaired) electrons. The maximum Gasteiger partial charge on any atom is 0.208 e. The lowest BCUT2D eigenvalue weighted by Crippen LogP contribution is -2.47. The van der Waals surface area contributed by atoms with E-state index in [1.807, 2.05) is 12.1 Å². The van der Waals surface area contributed by atoms with Gasteiger partial charge in [-0.2, -0.15) is 0 Å². The number of aliphatic hydroxyl groups excluding tert-OH is 5. The van der Waals surface area contributed by atoms with Crippen LogP contribution in [0.5, 0.6) is 0 Å². The Morgan fingerprint density at radius 2 is 1.07 bits per heavy atom. The minimum atomic E-state index is -0.638. The fourth-order valence-corrected chi connectivity index (χ4v) is 4.96. The molecule has 0 fully saturated rings. The highest BCUT2D eigenvalue weighted by atomic mass is 16.6. The Kier molecular flexibility index (Phi) is 14.6. The number of carbonyl (C=O) groups excluding carboxylic acids is 1. The molecule has 0 saturated heterocycles. The van der Waals surface area contributed by atoms with Gasteiger partial charge in [-0.05, 0) is 54.6 Å². The van der Waals surface area contributed by atoms with Crippen molar-refractivity contribution in [2.45, 2.75) is 12.8 Å². The third kappa shape index (κ3) is 11.8. The minimum Gasteiger partial charge on any atom is -0.633 e. The van der Waals surface area contributed by atoms with Gasteiger partial charge in [0.15, 0.2) is 0 Å². The Bertz CT molecular complexity index is 1320. The predicted octanol–water partition coefficient (Wildman–Crippen LogP) is 1.98. The van der Waals surface area contributed by atoms with Gasteiger partial charge in [0.05, 0.1) is 50.9 Å². The molecule has 0 spiro atoms. The number of anilines is 3. The number of rotatable bonds is 21. The number of hydrogen-bond acceptors (Lipinski definition) is 12. The number of allylic oxidation sites excluding steroid dienone is 2. The van der Waals surface area contributed by atoms with Crippen LogP contribution in [0.4, 0.5) is 22.7 Å². The van der Waals surface area contributed by atoms with Gasteiger partial charge in [-0.3, -0.25) is 4.79 Å². The molecule has 0 heterocycles. The fraction of sp³-hybridized carbons (Fsp3) is 0.438. The smallest absolute Gasteiger partial charge is 0.208 e. The summed E-state index contributed by atoms with van der Waals surface area (Å²) in [5.41, 5.74) is 3.30. The standard InChI is InChI=1S/C32H46N6O8/c39-19-15-37(45,16-20-40)13-1-11-33-25-3-7-27(8-4-25)35-29-23-30(32(44)24-31(29)43)36-28-9-5-26(6-10-28)34-12-2-14-38(46,17-21-41)18-22-42/h3-10,23-24,33-35,39-43H,1-2,11-22H2. The summed E-state index contributed by atoms with van der Waals surface area (Å²) in [7, 11) is 0. The van der Waals surface area contributed by atoms with Gasteiger partial charge >= 0.3 is 0 Å². The average molecular weight is 643 g/mol. The molecular formula is C32H46N6O8. The van der Waals surface area contributed by atoms with Gasteiger partial charge in [0.25, 0.3) is 0 Å². The van der Waals surface area contributed by atoms with E-state index in [0.29, 0.717) is 43.0 Å². The summed E-state index contributed by atoms with van der Waals surface area (Å²) in [6, 6.07) is 14.4. The number of quaternary nitrogens is 2. The summed E-state index contributed by atoms with van der Waals surface area (Å²) in [5, 5.41) is 81.5. The third-order valence-electron chi connectivity index (χ3n) is 7.53. The molecule has 14 nitrogen and oxygen atoms in total. The van der Waals surface area contributed by atoms with Crippen LogP contribution >= 0.6 is 0 Å². The number of aliphatic imine (C=N–C) groups is 1. The SMILES string of the molecule is O=C1C=C(O)C(Nc2ccc(NCCC[N+]([O-])(CCO)CCO)cc2)=CC1=Nc1ccc(NCCC[N+]([O-])(CCO)CCO)cc1. The summed E-state index contributed by atoms with van der Waals surface area (Å²) < 4.78 is -1.27. The lowest BCUT2D eigenvalue weighted by atomic mass is 10.1. The highest BCUT2D eigenvalue weighted by molar-refractivity contribution is 6.49. The van der Waals surface area contributed by atoms with Crippen LogP contribution in [0.3, 0.4) is 0 Å². The van der Waals surface area contributed by atoms with E-state index >= 15 is 0 Å². The van der Waals surface area contributed by atoms with Crippen molar-refractivity contribution in [1.82, 2.24) is 0 Å². The van der Waals surface area contributed by atoms with Gasteiger partial charge in [-0.15, -0.1) is 0 Å². The second kappa shape index (κ2) is 18.3. The summed E-state index contributed by atoms with van der Waals surface area (Å²) in [5.74, 6) is -0.650. The molecule has 0 aromatic heterocycles. The molecule has 46 heavy (non-hydrogen) atoms. The maximum absolute atomic E-state index is 12.6. The number of hydrogen-bond donors (Lipinski definition) is 8. The fourth-order valence-electron chi connectivity index (χ4n) is 4.96. The van der Waals surface area contributed by atoms with Crippen molar-refractivity contribution in [2.75, 3.05) is 94.7 Å². The van der Waals surface area contributed by atoms with E-state index in [1.54, 1.807) is 36.4 Å². The molecule has 2 aromatic carbocycles. The first-order valence-electron chi connectivity index (χ1n) is 15.4. The molecule has 0 saturated carbocycles. The van der Waals surface area contributed by atoms with Gasteiger partial charge in [0, 0.05) is 49.1 Å². The van der Waals surface area contributed by atoms with E-state index in [2.05, 4.69) is 20.9 Å². The number of benzene rings is 2. The zero-order valence-corrected chi connectivity index (χ0v) is 26.0. The topological polar surface area (TPSA) is 213 Å². The average Bonchev–Trinajstić information content (AvgIpc) is 3.02. The second-order valence-corrected chi connectivity index (χ2v) is 11.1. The monoisotopic (exact) mass is 642 g/mol. The molecule has 1 aliphatic rings. The Hall–Kier alpha value is -3.86. The maximum atomic E-state index is 12.6. The predicted molar refractivity (Wildman–Crippen MR) is 178 cm³/mol. The van der Waals surface area contributed by atoms with Crippen LogP contribution in [0.2, 0.25) is 0 Å². The molecule has 252 valence electrons. The van der Waals surface area contributed by atoms with Gasteiger partial charge in [0.1, 0.15) is 37.6 Å². The van der Waals surface area contributed by atoms with E-state index in [1.165, 1.54) is 6.08 Å². The first kappa shape index (κ1) is 36.6. The summed E-state index contributed by atoms with van der Waals surface area (Å²) in [6.45, 7) is 0.886. The molecule has 0 bridgehead atoms. The van der Waals surface area contributed by atoms with E-state index in [-0.39, 0.29) is 77.2 Å². The molecule has 0 atom stereocenters. The molecule has 8 N–H and O–H groups in total. The molecule has 2 aromatic rings. The number of nitrogens with zero attached hydrogens (tertiary/aromatic N) is 3. The quantitative estimate of drug-likeness (QED) is 0.0427. The summed E-state index contributed by atoms with van der Waals surface area (Å²) >= 11 is 0. The van der Waals surface area contributed by atoms with Crippen molar-refractivity contribution in [3.63, 3.8) is 0 Å². The third-order valence-corrected chi connectivity index (χ3v) is 7.53. The number of nitrogens with one attached hydrogen (secondary N) is 3. The lowest BCUT2D eigenvalue weighted by Gasteiger charge is -2.42. The zero-order valence-electron chi connectivity index (χ0n) is 26.0. The Labute approximate surface area is 269 Å². The van der Waals surface area contributed by atoms with Crippen LogP contribution in [0.15, 0.2) is 77.1 Å². The van der Waals surface area contributed by atoms with Crippen molar-refractivity contribution < 1.29 is 39.6 Å². The molecule has 14 heteroatoms. The van der Waals surface area contributed by atoms with Crippen LogP contribution in [0, 0.1) is 10.4 Å². The zero-order chi connectivity index (χ0) is 33.4. The van der Waals surface area contributed by atoms with Gasteiger partial charge < -0.3 is 61.2 Å². The highest BCUT2D eigenvalue weighted by Gasteiger charge is 2.19. The van der Waals surface area contributed by atoms with Crippen molar-refractivity contribution >= 4 is 34.2 Å². The highest BCUT2D eigenvalue weighted by Crippen LogP contribution is 2.23. The van der Waals surface area contributed by atoms with Crippen molar-refractivity contribution in [3.8, 4) is 0 Å². The van der Waals surface area contributed by atoms with Crippen molar-refractivity contribution in [3.05, 3.63) is 82.6 Å². The normalized spacial score (nSPS) is 14.7. The van der Waals surface area contributed by atoms with Crippen LogP contribution in [0.1, 0.15) is 12.8 Å². The van der Waals surface area contributed by atoms with Crippen LogP contribution < -0.4 is 16.0 Å². The van der Waals surface area contributed by atoms with E-state index in [4.69, 9.17) is 20.4 Å². The van der Waals surface area contributed by atoms with E-state index < -0.39 is 15.1 Å². The number of aliphatic hydroxyl groups is 5. The summed E-state index contributed by atoms with van der Waals surface area (Å²) in [6.07, 6.45) is 3.70. The second-order valence-electron chi connectivity index (χ2n) is 11.1. The molecule has 0 unspecified atom stereocenters. The molecule has 0 aliphatic heterocycles. The first-order chi connectivity index (χ1) is 22.1. The van der Waals surface area contributed by atoms with Crippen LogP contribution in [0.25, 0.3) is 0 Å². The largest absolute Gasteiger partial charge is 0.633 e. The van der Waals surface area contributed by atoms with Gasteiger partial charge in [0.2, 0.25) is 5.78 Å². The Balaban J connectivity index is 1.53. The van der Waals surface area contributed by atoms with Gasteiger partial charge in [-0.25, -0.2) is 4.99 Å². The molecule has 3 rings (SSSR count). The Morgan fingerprint density at radius 3 is 1.52 bits per heavy atom. The molecule has 1 aliphatic carbocycles. The molecular weight excluding hydrogens is 596 g/mol. The molecule has 0 amide bonds. The van der Waals surface area contributed by atoms with Crippen LogP contribution in [-0.2, 0) is 4.79 Å². The van der Waals surface area contributed by atoms with Crippen molar-refractivity contribution in [2.24, 2.45) is 4.99 Å². The number of ketones is 1. The van der Waals surface area contributed by atoms with E-state index in [9.17, 15) is 20.3 Å². The van der Waals surface area contributed by atoms with Crippen LogP contribution in [-0.4, -0.2) is 125 Å².